The summed E-state index contributed by atoms with van der Waals surface area (Å²) in [6.45, 7) is 6.01. The van der Waals surface area contributed by atoms with E-state index in [9.17, 15) is 4.79 Å². The van der Waals surface area contributed by atoms with Crippen molar-refractivity contribution >= 4 is 23.0 Å². The molecule has 0 radical (unpaired) electrons. The highest BCUT2D eigenvalue weighted by Gasteiger charge is 2.43. The van der Waals surface area contributed by atoms with Gasteiger partial charge in [0.25, 0.3) is 0 Å². The molecule has 1 amide bonds. The maximum Gasteiger partial charge on any atom is 0.227 e. The van der Waals surface area contributed by atoms with Gasteiger partial charge in [-0.1, -0.05) is 36.4 Å². The second kappa shape index (κ2) is 10.6. The summed E-state index contributed by atoms with van der Waals surface area (Å²) in [5, 5.41) is 0. The molecule has 3 rings (SSSR count). The van der Waals surface area contributed by atoms with Gasteiger partial charge in [0.1, 0.15) is 12.8 Å². The number of amides is 1. The lowest BCUT2D eigenvalue weighted by atomic mass is 9.81. The quantitative estimate of drug-likeness (QED) is 0.328. The van der Waals surface area contributed by atoms with Crippen molar-refractivity contribution in [1.29, 1.82) is 0 Å². The van der Waals surface area contributed by atoms with E-state index in [2.05, 4.69) is 43.7 Å². The van der Waals surface area contributed by atoms with Crippen molar-refractivity contribution in [3.05, 3.63) is 90.7 Å². The number of fused-ring (bicyclic) bond motifs is 1. The van der Waals surface area contributed by atoms with Crippen molar-refractivity contribution in [3.8, 4) is 5.75 Å². The summed E-state index contributed by atoms with van der Waals surface area (Å²) in [4.78, 5) is 13.5. The van der Waals surface area contributed by atoms with E-state index in [-0.39, 0.29) is 35.3 Å². The van der Waals surface area contributed by atoms with Crippen molar-refractivity contribution in [2.45, 2.75) is 26.2 Å². The van der Waals surface area contributed by atoms with Crippen LogP contribution < -0.4 is 33.6 Å². The number of ether oxygens (including phenoxy) is 1. The van der Waals surface area contributed by atoms with Gasteiger partial charge >= 0.3 is 0 Å². The van der Waals surface area contributed by atoms with Crippen molar-refractivity contribution < 1.29 is 38.1 Å². The van der Waals surface area contributed by atoms with E-state index in [0.717, 1.165) is 11.4 Å². The number of hydrogen-bond acceptors (Lipinski definition) is 2. The number of benzene rings is 2. The van der Waals surface area contributed by atoms with Gasteiger partial charge in [0.05, 0.1) is 12.5 Å². The third kappa shape index (κ3) is 5.34. The highest BCUT2D eigenvalue weighted by atomic mass is 127. The van der Waals surface area contributed by atoms with Gasteiger partial charge in [0.2, 0.25) is 11.6 Å². The maximum absolute atomic E-state index is 11.9. The topological polar surface area (TPSA) is 32.5 Å². The Kier molecular flexibility index (Phi) is 8.39. The number of allylic oxidation sites excluding steroid dienone is 5. The molecule has 0 aromatic heterocycles. The highest BCUT2D eigenvalue weighted by molar-refractivity contribution is 6.03. The minimum Gasteiger partial charge on any atom is -1.00 e. The first kappa shape index (κ1) is 24.6. The number of carbonyl (C=O) groups is 1. The van der Waals surface area contributed by atoms with Crippen molar-refractivity contribution in [2.75, 3.05) is 19.1 Å². The van der Waals surface area contributed by atoms with Crippen molar-refractivity contribution in [1.82, 2.24) is 0 Å². The minimum absolute atomic E-state index is 0. The average molecular weight is 528 g/mol. The molecule has 5 heteroatoms. The third-order valence-electron chi connectivity index (χ3n) is 5.44. The zero-order valence-electron chi connectivity index (χ0n) is 18.7. The van der Waals surface area contributed by atoms with Gasteiger partial charge in [-0.2, -0.15) is 4.58 Å². The number of para-hydroxylation sites is 1. The second-order valence-electron chi connectivity index (χ2n) is 7.76. The molecule has 0 spiro atoms. The van der Waals surface area contributed by atoms with Crippen molar-refractivity contribution in [2.24, 2.45) is 0 Å². The molecule has 1 aliphatic heterocycles. The zero-order chi connectivity index (χ0) is 21.7. The van der Waals surface area contributed by atoms with Crippen LogP contribution in [0.3, 0.4) is 0 Å². The summed E-state index contributed by atoms with van der Waals surface area (Å²) < 4.78 is 7.63. The molecule has 31 heavy (non-hydrogen) atoms. The molecule has 0 bridgehead atoms. The minimum atomic E-state index is -0.114. The first-order valence-electron chi connectivity index (χ1n) is 10.0. The molecule has 4 nitrogen and oxygen atoms in total. The first-order chi connectivity index (χ1) is 14.4. The van der Waals surface area contributed by atoms with Crippen LogP contribution in [-0.4, -0.2) is 30.4 Å². The van der Waals surface area contributed by atoms with E-state index < -0.39 is 0 Å². The van der Waals surface area contributed by atoms with E-state index >= 15 is 0 Å². The van der Waals surface area contributed by atoms with Crippen LogP contribution in [0.5, 0.6) is 5.75 Å². The van der Waals surface area contributed by atoms with Crippen LogP contribution in [-0.2, 0) is 10.2 Å². The lowest BCUT2D eigenvalue weighted by Gasteiger charge is -2.16. The second-order valence-corrected chi connectivity index (χ2v) is 7.76. The van der Waals surface area contributed by atoms with Gasteiger partial charge in [-0.3, -0.25) is 9.69 Å². The predicted octanol–water partition coefficient (Wildman–Crippen LogP) is 2.38. The molecule has 2 aromatic rings. The predicted molar refractivity (Wildman–Crippen MR) is 124 cm³/mol. The molecule has 1 aliphatic rings. The van der Waals surface area contributed by atoms with Gasteiger partial charge in [-0.15, -0.1) is 0 Å². The molecular weight excluding hydrogens is 499 g/mol. The molecule has 0 N–H and O–H groups in total. The van der Waals surface area contributed by atoms with Crippen LogP contribution in [0.2, 0.25) is 0 Å². The number of anilines is 1. The van der Waals surface area contributed by atoms with Gasteiger partial charge in [-0.05, 0) is 44.2 Å². The van der Waals surface area contributed by atoms with E-state index in [1.807, 2.05) is 60.7 Å². The molecule has 0 unspecified atom stereocenters. The third-order valence-corrected chi connectivity index (χ3v) is 5.44. The fraction of sp³-hybridized carbons (Fsp3) is 0.231. The Bertz CT molecular complexity index is 1050. The lowest BCUT2D eigenvalue weighted by Crippen LogP contribution is -3.00. The zero-order valence-corrected chi connectivity index (χ0v) is 20.8. The molecule has 0 saturated carbocycles. The van der Waals surface area contributed by atoms with Gasteiger partial charge in [-0.25, -0.2) is 0 Å². The molecule has 1 heterocycles. The fourth-order valence-electron chi connectivity index (χ4n) is 3.81. The van der Waals surface area contributed by atoms with Crippen LogP contribution in [0.15, 0.2) is 85.1 Å². The molecular formula is C26H29IN2O2. The Labute approximate surface area is 202 Å². The summed E-state index contributed by atoms with van der Waals surface area (Å²) in [7, 11) is 3.79. The van der Waals surface area contributed by atoms with Gasteiger partial charge < -0.3 is 28.7 Å². The Hall–Kier alpha value is -2.67. The van der Waals surface area contributed by atoms with E-state index in [1.165, 1.54) is 17.0 Å². The van der Waals surface area contributed by atoms with Crippen LogP contribution in [0.4, 0.5) is 11.4 Å². The Morgan fingerprint density at radius 3 is 2.35 bits per heavy atom. The molecule has 2 aromatic carbocycles. The van der Waals surface area contributed by atoms with Gasteiger partial charge in [0, 0.05) is 36.5 Å². The molecule has 0 fully saturated rings. The normalized spacial score (nSPS) is 14.9. The van der Waals surface area contributed by atoms with Gasteiger partial charge in [0.15, 0.2) is 5.71 Å². The fourth-order valence-corrected chi connectivity index (χ4v) is 3.81. The molecule has 0 atom stereocenters. The Balaban J connectivity index is 0.00000341. The smallest absolute Gasteiger partial charge is 0.227 e. The number of nitrogens with zero attached hydrogens (tertiary/aromatic N) is 2. The van der Waals surface area contributed by atoms with E-state index in [0.29, 0.717) is 0 Å². The van der Waals surface area contributed by atoms with E-state index in [4.69, 9.17) is 4.74 Å². The van der Waals surface area contributed by atoms with Crippen LogP contribution in [0, 0.1) is 0 Å². The number of rotatable bonds is 6. The van der Waals surface area contributed by atoms with Crippen LogP contribution in [0.25, 0.3) is 0 Å². The largest absolute Gasteiger partial charge is 1.00 e. The highest BCUT2D eigenvalue weighted by Crippen LogP contribution is 2.41. The number of hydrogen-bond donors (Lipinski definition) is 0. The summed E-state index contributed by atoms with van der Waals surface area (Å²) in [5.41, 5.74) is 4.41. The van der Waals surface area contributed by atoms with Crippen LogP contribution in [0.1, 0.15) is 26.3 Å². The SMILES string of the molecule is COc1ccc2c(c1)C(C)(C)C(C=CC=CC=CN(C(C)=O)c1ccccc1)=[N+]2C.[I-]. The van der Waals surface area contributed by atoms with Crippen molar-refractivity contribution in [3.63, 3.8) is 0 Å². The molecule has 162 valence electrons. The standard InChI is InChI=1S/C26H29N2O2.HI/c1-20(29)28(21-13-9-8-10-14-21)18-12-7-6-11-15-25-26(2,3)23-19-22(30-5)16-17-24(23)27(25)4;/h6-19H,1-5H3;1H/q+1;/p-1. The molecule has 0 saturated heterocycles. The Morgan fingerprint density at radius 1 is 1.03 bits per heavy atom. The maximum atomic E-state index is 11.9. The number of carbonyl (C=O) groups excluding carboxylic acids is 1. The first-order valence-corrected chi connectivity index (χ1v) is 10.0. The monoisotopic (exact) mass is 528 g/mol. The summed E-state index contributed by atoms with van der Waals surface area (Å²) in [5.74, 6) is 0.846. The number of halogens is 1. The summed E-state index contributed by atoms with van der Waals surface area (Å²) in [6.07, 6.45) is 11.7. The van der Waals surface area contributed by atoms with Crippen LogP contribution >= 0.6 is 0 Å². The molecule has 0 aliphatic carbocycles. The number of methoxy groups -OCH3 is 1. The average Bonchev–Trinajstić information content (AvgIpc) is 2.93. The summed E-state index contributed by atoms with van der Waals surface area (Å²) in [6, 6.07) is 15.8. The Morgan fingerprint density at radius 2 is 1.71 bits per heavy atom. The lowest BCUT2D eigenvalue weighted by molar-refractivity contribution is -0.401. The van der Waals surface area contributed by atoms with E-state index in [1.54, 1.807) is 25.1 Å². The summed E-state index contributed by atoms with van der Waals surface area (Å²) >= 11 is 0.